The van der Waals surface area contributed by atoms with Gasteiger partial charge in [-0.3, -0.25) is 4.79 Å². The van der Waals surface area contributed by atoms with E-state index in [0.717, 1.165) is 6.07 Å². The molecule has 0 fully saturated rings. The van der Waals surface area contributed by atoms with Crippen LogP contribution in [0.1, 0.15) is 24.2 Å². The summed E-state index contributed by atoms with van der Waals surface area (Å²) in [6, 6.07) is 8.18. The first-order chi connectivity index (χ1) is 16.2. The van der Waals surface area contributed by atoms with Gasteiger partial charge in [0.25, 0.3) is 11.8 Å². The maximum absolute atomic E-state index is 14.6. The fraction of sp³-hybridized carbons (Fsp3) is 0.182. The average Bonchev–Trinajstić information content (AvgIpc) is 3.41. The summed E-state index contributed by atoms with van der Waals surface area (Å²) >= 11 is 1.20. The molecule has 12 heteroatoms. The standard InChI is InChI=1S/C22H20F2N6O3S/c1-10(2)26-22-28-18(25)17(34-22)21-29-19(30-33-21)13-8-16(15(24)9-14(13)23)27-20(31)11-5-4-6-12(7-11)32-3/h4-10H,25H2,1-3H3,(H,26,28)(H,27,31). The van der Waals surface area contributed by atoms with Crippen LogP contribution in [0, 0.1) is 11.6 Å². The van der Waals surface area contributed by atoms with Gasteiger partial charge in [-0.1, -0.05) is 22.6 Å². The third-order valence-corrected chi connectivity index (χ3v) is 5.55. The summed E-state index contributed by atoms with van der Waals surface area (Å²) in [6.45, 7) is 3.90. The Morgan fingerprint density at radius 3 is 2.71 bits per heavy atom. The molecule has 0 saturated heterocycles. The van der Waals surface area contributed by atoms with Crippen LogP contribution in [0.15, 0.2) is 40.9 Å². The summed E-state index contributed by atoms with van der Waals surface area (Å²) in [4.78, 5) is 21.4. The summed E-state index contributed by atoms with van der Waals surface area (Å²) in [5.41, 5.74) is 5.77. The summed E-state index contributed by atoms with van der Waals surface area (Å²) in [5.74, 6) is -1.97. The van der Waals surface area contributed by atoms with Crippen LogP contribution in [0.5, 0.6) is 5.75 Å². The van der Waals surface area contributed by atoms with Crippen molar-refractivity contribution in [1.82, 2.24) is 15.1 Å². The molecule has 2 aromatic carbocycles. The molecule has 0 radical (unpaired) electrons. The molecule has 2 heterocycles. The number of methoxy groups -OCH3 is 1. The molecule has 0 bridgehead atoms. The number of anilines is 3. The summed E-state index contributed by atoms with van der Waals surface area (Å²) in [5, 5.41) is 9.91. The Hall–Kier alpha value is -4.06. The minimum Gasteiger partial charge on any atom is -0.497 e. The van der Waals surface area contributed by atoms with Gasteiger partial charge in [0.15, 0.2) is 5.13 Å². The number of halogens is 2. The van der Waals surface area contributed by atoms with E-state index >= 15 is 0 Å². The Kier molecular flexibility index (Phi) is 6.41. The van der Waals surface area contributed by atoms with Gasteiger partial charge in [-0.05, 0) is 38.1 Å². The predicted molar refractivity (Wildman–Crippen MR) is 125 cm³/mol. The number of nitrogens with one attached hydrogen (secondary N) is 2. The number of nitrogens with zero attached hydrogens (tertiary/aromatic N) is 3. The number of benzene rings is 2. The highest BCUT2D eigenvalue weighted by Gasteiger charge is 2.22. The number of nitrogens with two attached hydrogens (primary N) is 1. The van der Waals surface area contributed by atoms with Crippen LogP contribution < -0.4 is 21.1 Å². The van der Waals surface area contributed by atoms with Crippen molar-refractivity contribution in [2.45, 2.75) is 19.9 Å². The summed E-state index contributed by atoms with van der Waals surface area (Å²) < 4.78 is 39.3. The zero-order valence-electron chi connectivity index (χ0n) is 18.3. The maximum atomic E-state index is 14.6. The maximum Gasteiger partial charge on any atom is 0.272 e. The number of aromatic nitrogens is 3. The van der Waals surface area contributed by atoms with Gasteiger partial charge in [-0.25, -0.2) is 13.8 Å². The minimum atomic E-state index is -0.961. The van der Waals surface area contributed by atoms with E-state index in [1.165, 1.54) is 30.6 Å². The normalized spacial score (nSPS) is 11.0. The van der Waals surface area contributed by atoms with Crippen molar-refractivity contribution in [3.05, 3.63) is 53.6 Å². The molecule has 176 valence electrons. The van der Waals surface area contributed by atoms with Crippen molar-refractivity contribution in [3.63, 3.8) is 0 Å². The molecule has 4 N–H and O–H groups in total. The first-order valence-corrected chi connectivity index (χ1v) is 10.9. The lowest BCUT2D eigenvalue weighted by atomic mass is 10.1. The van der Waals surface area contributed by atoms with Gasteiger partial charge < -0.3 is 25.6 Å². The van der Waals surface area contributed by atoms with E-state index in [1.807, 2.05) is 13.8 Å². The molecule has 0 unspecified atom stereocenters. The van der Waals surface area contributed by atoms with Gasteiger partial charge in [-0.15, -0.1) is 0 Å². The number of hydrogen-bond donors (Lipinski definition) is 3. The number of carbonyl (C=O) groups excluding carboxylic acids is 1. The third kappa shape index (κ3) is 4.81. The van der Waals surface area contributed by atoms with Gasteiger partial charge in [0.1, 0.15) is 28.1 Å². The lowest BCUT2D eigenvalue weighted by Crippen LogP contribution is -2.13. The second-order valence-corrected chi connectivity index (χ2v) is 8.45. The molecule has 0 aliphatic rings. The van der Waals surface area contributed by atoms with Gasteiger partial charge in [0.2, 0.25) is 5.82 Å². The Balaban J connectivity index is 1.62. The number of carbonyl (C=O) groups is 1. The molecule has 0 atom stereocenters. The lowest BCUT2D eigenvalue weighted by Gasteiger charge is -2.09. The van der Waals surface area contributed by atoms with E-state index < -0.39 is 17.5 Å². The molecular weight excluding hydrogens is 466 g/mol. The van der Waals surface area contributed by atoms with E-state index in [1.54, 1.807) is 12.1 Å². The monoisotopic (exact) mass is 486 g/mol. The van der Waals surface area contributed by atoms with Crippen molar-refractivity contribution in [2.24, 2.45) is 0 Å². The van der Waals surface area contributed by atoms with Gasteiger partial charge in [0, 0.05) is 17.7 Å². The van der Waals surface area contributed by atoms with Crippen molar-refractivity contribution in [1.29, 1.82) is 0 Å². The highest BCUT2D eigenvalue weighted by Crippen LogP contribution is 2.36. The first-order valence-electron chi connectivity index (χ1n) is 10.1. The lowest BCUT2D eigenvalue weighted by molar-refractivity contribution is 0.102. The molecule has 0 spiro atoms. The molecule has 4 aromatic rings. The summed E-state index contributed by atoms with van der Waals surface area (Å²) in [7, 11) is 1.46. The molecule has 0 saturated carbocycles. The topological polar surface area (TPSA) is 128 Å². The molecule has 0 aliphatic heterocycles. The van der Waals surface area contributed by atoms with Gasteiger partial charge in [0.05, 0.1) is 18.4 Å². The molecule has 2 aromatic heterocycles. The molecular formula is C22H20F2N6O3S. The predicted octanol–water partition coefficient (Wildman–Crippen LogP) is 4.80. The van der Waals surface area contributed by atoms with Crippen LogP contribution in [-0.2, 0) is 0 Å². The Bertz CT molecular complexity index is 1350. The van der Waals surface area contributed by atoms with Crippen LogP contribution >= 0.6 is 11.3 Å². The van der Waals surface area contributed by atoms with Crippen molar-refractivity contribution in [3.8, 4) is 27.9 Å². The number of nitrogen functional groups attached to an aromatic ring is 1. The van der Waals surface area contributed by atoms with Crippen LogP contribution in [0.4, 0.5) is 25.4 Å². The fourth-order valence-electron chi connectivity index (χ4n) is 2.99. The van der Waals surface area contributed by atoms with E-state index in [2.05, 4.69) is 25.8 Å². The van der Waals surface area contributed by atoms with Crippen LogP contribution in [0.25, 0.3) is 22.2 Å². The molecule has 1 amide bonds. The van der Waals surface area contributed by atoms with E-state index in [4.69, 9.17) is 15.0 Å². The molecule has 34 heavy (non-hydrogen) atoms. The van der Waals surface area contributed by atoms with E-state index in [9.17, 15) is 13.6 Å². The average molecular weight is 487 g/mol. The quantitative estimate of drug-likeness (QED) is 0.340. The second kappa shape index (κ2) is 9.43. The van der Waals surface area contributed by atoms with E-state index in [0.29, 0.717) is 21.8 Å². The second-order valence-electron chi connectivity index (χ2n) is 7.45. The molecule has 9 nitrogen and oxygen atoms in total. The number of ether oxygens (including phenoxy) is 1. The van der Waals surface area contributed by atoms with Crippen LogP contribution in [-0.4, -0.2) is 34.2 Å². The van der Waals surface area contributed by atoms with Crippen LogP contribution in [0.2, 0.25) is 0 Å². The number of hydrogen-bond acceptors (Lipinski definition) is 9. The summed E-state index contributed by atoms with van der Waals surface area (Å²) in [6.07, 6.45) is 0. The smallest absolute Gasteiger partial charge is 0.272 e. The zero-order chi connectivity index (χ0) is 24.4. The number of rotatable bonds is 7. The zero-order valence-corrected chi connectivity index (χ0v) is 19.2. The van der Waals surface area contributed by atoms with Gasteiger partial charge in [-0.2, -0.15) is 4.98 Å². The van der Waals surface area contributed by atoms with Crippen molar-refractivity contribution < 1.29 is 22.8 Å². The highest BCUT2D eigenvalue weighted by atomic mass is 32.1. The highest BCUT2D eigenvalue weighted by molar-refractivity contribution is 7.19. The Morgan fingerprint density at radius 2 is 1.97 bits per heavy atom. The minimum absolute atomic E-state index is 0.0347. The van der Waals surface area contributed by atoms with E-state index in [-0.39, 0.29) is 40.4 Å². The first kappa shape index (κ1) is 23.1. The van der Waals surface area contributed by atoms with Crippen molar-refractivity contribution in [2.75, 3.05) is 23.5 Å². The Morgan fingerprint density at radius 1 is 1.18 bits per heavy atom. The largest absolute Gasteiger partial charge is 0.497 e. The Labute approximate surface area is 197 Å². The van der Waals surface area contributed by atoms with Crippen LogP contribution in [0.3, 0.4) is 0 Å². The van der Waals surface area contributed by atoms with Gasteiger partial charge >= 0.3 is 0 Å². The molecule has 4 rings (SSSR count). The fourth-order valence-corrected chi connectivity index (χ4v) is 3.95. The number of thiazole rings is 1. The SMILES string of the molecule is COc1cccc(C(=O)Nc2cc(-c3noc(-c4sc(NC(C)C)nc4N)n3)c(F)cc2F)c1. The van der Waals surface area contributed by atoms with Crippen molar-refractivity contribution >= 4 is 33.9 Å². The number of amides is 1. The third-order valence-electron chi connectivity index (χ3n) is 4.56. The molecule has 0 aliphatic carbocycles.